The Balaban J connectivity index is 1.98. The van der Waals surface area contributed by atoms with Crippen LogP contribution in [0.25, 0.3) is 0 Å². The highest BCUT2D eigenvalue weighted by atomic mass is 16.5. The average Bonchev–Trinajstić information content (AvgIpc) is 2.55. The van der Waals surface area contributed by atoms with Crippen LogP contribution in [0.4, 0.5) is 5.69 Å². The maximum Gasteiger partial charge on any atom is 0.356 e. The van der Waals surface area contributed by atoms with Crippen molar-refractivity contribution in [3.8, 4) is 0 Å². The van der Waals surface area contributed by atoms with Gasteiger partial charge in [-0.3, -0.25) is 0 Å². The number of ether oxygens (including phenoxy) is 1. The summed E-state index contributed by atoms with van der Waals surface area (Å²) in [5.41, 5.74) is 3.96. The molecule has 0 atom stereocenters. The van der Waals surface area contributed by atoms with Crippen LogP contribution in [0.2, 0.25) is 0 Å². The molecule has 0 radical (unpaired) electrons. The fourth-order valence-corrected chi connectivity index (χ4v) is 3.17. The fourth-order valence-electron chi connectivity index (χ4n) is 3.17. The minimum absolute atomic E-state index is 0.316. The molecule has 1 saturated heterocycles. The molecule has 3 rings (SSSR count). The van der Waals surface area contributed by atoms with Gasteiger partial charge in [0.05, 0.1) is 12.3 Å². The second-order valence-corrected chi connectivity index (χ2v) is 5.65. The third kappa shape index (κ3) is 3.02. The number of pyridine rings is 1. The number of piperidine rings is 1. The van der Waals surface area contributed by atoms with Gasteiger partial charge in [-0.1, -0.05) is 0 Å². The smallest absolute Gasteiger partial charge is 0.356 e. The largest absolute Gasteiger partial charge is 0.461 e. The van der Waals surface area contributed by atoms with Crippen LogP contribution in [-0.2, 0) is 17.7 Å². The number of carbonyl (C=O) groups is 1. The predicted octanol–water partition coefficient (Wildman–Crippen LogP) is 1.89. The number of carbonyl (C=O) groups excluding carboxylic acids is 1. The van der Waals surface area contributed by atoms with Crippen LogP contribution >= 0.6 is 0 Å². The molecule has 1 fully saturated rings. The van der Waals surface area contributed by atoms with Gasteiger partial charge in [-0.2, -0.15) is 0 Å². The lowest BCUT2D eigenvalue weighted by atomic mass is 10.0. The van der Waals surface area contributed by atoms with Gasteiger partial charge in [-0.25, -0.2) is 9.78 Å². The van der Waals surface area contributed by atoms with Crippen LogP contribution in [0.15, 0.2) is 6.07 Å². The van der Waals surface area contributed by atoms with E-state index in [1.165, 1.54) is 30.5 Å². The first-order valence-corrected chi connectivity index (χ1v) is 7.95. The summed E-state index contributed by atoms with van der Waals surface area (Å²) in [5, 5.41) is 3.34. The molecule has 5 heteroatoms. The molecule has 3 heterocycles. The van der Waals surface area contributed by atoms with E-state index in [4.69, 9.17) is 4.74 Å². The Morgan fingerprint density at radius 2 is 2.19 bits per heavy atom. The van der Waals surface area contributed by atoms with Gasteiger partial charge >= 0.3 is 5.97 Å². The summed E-state index contributed by atoms with van der Waals surface area (Å²) in [7, 11) is 0. The average molecular weight is 289 g/mol. The van der Waals surface area contributed by atoms with E-state index >= 15 is 0 Å². The minimum Gasteiger partial charge on any atom is -0.461 e. The van der Waals surface area contributed by atoms with Gasteiger partial charge in [0.15, 0.2) is 5.69 Å². The standard InChI is InChI=1S/C16H23N3O2/c1-2-21-16(20)13-10-15(19-8-4-3-5-9-19)12-6-7-17-11-14(12)18-13/h10,17H,2-9,11H2,1H3. The van der Waals surface area contributed by atoms with E-state index in [1.807, 2.05) is 13.0 Å². The van der Waals surface area contributed by atoms with Gasteiger partial charge in [-0.05, 0) is 50.8 Å². The topological polar surface area (TPSA) is 54.5 Å². The molecule has 1 aromatic heterocycles. The fraction of sp³-hybridized carbons (Fsp3) is 0.625. The molecular weight excluding hydrogens is 266 g/mol. The SMILES string of the molecule is CCOC(=O)c1cc(N2CCCCC2)c2c(n1)CNCC2. The molecule has 0 aliphatic carbocycles. The zero-order valence-electron chi connectivity index (χ0n) is 12.7. The van der Waals surface area contributed by atoms with Crippen LogP contribution in [0.5, 0.6) is 0 Å². The van der Waals surface area contributed by atoms with Crippen molar-refractivity contribution in [2.24, 2.45) is 0 Å². The van der Waals surface area contributed by atoms with E-state index < -0.39 is 0 Å². The maximum absolute atomic E-state index is 12.0. The normalized spacial score (nSPS) is 18.2. The summed E-state index contributed by atoms with van der Waals surface area (Å²) in [6.45, 7) is 6.08. The summed E-state index contributed by atoms with van der Waals surface area (Å²) in [4.78, 5) is 19.0. The lowest BCUT2D eigenvalue weighted by molar-refractivity contribution is 0.0519. The lowest BCUT2D eigenvalue weighted by Gasteiger charge is -2.32. The van der Waals surface area contributed by atoms with Gasteiger partial charge in [0.25, 0.3) is 0 Å². The van der Waals surface area contributed by atoms with Crippen molar-refractivity contribution in [1.29, 1.82) is 0 Å². The van der Waals surface area contributed by atoms with Gasteiger partial charge in [0, 0.05) is 25.3 Å². The zero-order valence-corrected chi connectivity index (χ0v) is 12.7. The van der Waals surface area contributed by atoms with E-state index in [0.717, 1.165) is 38.3 Å². The molecule has 0 saturated carbocycles. The van der Waals surface area contributed by atoms with Crippen molar-refractivity contribution in [2.45, 2.75) is 39.2 Å². The number of esters is 1. The molecule has 5 nitrogen and oxygen atoms in total. The molecule has 0 aromatic carbocycles. The minimum atomic E-state index is -0.316. The molecule has 21 heavy (non-hydrogen) atoms. The maximum atomic E-state index is 12.0. The number of hydrogen-bond donors (Lipinski definition) is 1. The van der Waals surface area contributed by atoms with Crippen molar-refractivity contribution in [3.05, 3.63) is 23.0 Å². The van der Waals surface area contributed by atoms with Crippen molar-refractivity contribution >= 4 is 11.7 Å². The van der Waals surface area contributed by atoms with E-state index in [1.54, 1.807) is 0 Å². The van der Waals surface area contributed by atoms with Gasteiger partial charge in [0.1, 0.15) is 0 Å². The quantitative estimate of drug-likeness (QED) is 0.861. The van der Waals surface area contributed by atoms with Crippen molar-refractivity contribution < 1.29 is 9.53 Å². The first-order valence-electron chi connectivity index (χ1n) is 7.95. The number of nitrogens with zero attached hydrogens (tertiary/aromatic N) is 2. The summed E-state index contributed by atoms with van der Waals surface area (Å²) in [6, 6.07) is 1.94. The van der Waals surface area contributed by atoms with Crippen molar-refractivity contribution in [2.75, 3.05) is 31.1 Å². The van der Waals surface area contributed by atoms with Crippen LogP contribution in [0.1, 0.15) is 47.9 Å². The highest BCUT2D eigenvalue weighted by Crippen LogP contribution is 2.29. The van der Waals surface area contributed by atoms with E-state index in [2.05, 4.69) is 15.2 Å². The molecule has 114 valence electrons. The molecule has 1 aromatic rings. The Labute approximate surface area is 125 Å². The molecule has 0 amide bonds. The second-order valence-electron chi connectivity index (χ2n) is 5.65. The summed E-state index contributed by atoms with van der Waals surface area (Å²) < 4.78 is 5.12. The number of nitrogens with one attached hydrogen (secondary N) is 1. The van der Waals surface area contributed by atoms with Crippen LogP contribution in [-0.4, -0.2) is 37.2 Å². The van der Waals surface area contributed by atoms with Gasteiger partial charge in [0.2, 0.25) is 0 Å². The monoisotopic (exact) mass is 289 g/mol. The molecule has 0 bridgehead atoms. The van der Waals surface area contributed by atoms with Crippen LogP contribution in [0, 0.1) is 0 Å². The molecular formula is C16H23N3O2. The zero-order chi connectivity index (χ0) is 14.7. The summed E-state index contributed by atoms with van der Waals surface area (Å²) >= 11 is 0. The molecule has 1 N–H and O–H groups in total. The van der Waals surface area contributed by atoms with E-state index in [-0.39, 0.29) is 5.97 Å². The Morgan fingerprint density at radius 3 is 2.95 bits per heavy atom. The third-order valence-electron chi connectivity index (χ3n) is 4.21. The summed E-state index contributed by atoms with van der Waals surface area (Å²) in [5.74, 6) is -0.316. The number of fused-ring (bicyclic) bond motifs is 1. The molecule has 0 spiro atoms. The Hall–Kier alpha value is -1.62. The van der Waals surface area contributed by atoms with Gasteiger partial charge < -0.3 is 15.0 Å². The first kappa shape index (κ1) is 14.3. The van der Waals surface area contributed by atoms with Crippen LogP contribution < -0.4 is 10.2 Å². The number of anilines is 1. The van der Waals surface area contributed by atoms with E-state index in [9.17, 15) is 4.79 Å². The predicted molar refractivity (Wildman–Crippen MR) is 81.7 cm³/mol. The molecule has 2 aliphatic heterocycles. The van der Waals surface area contributed by atoms with Crippen LogP contribution in [0.3, 0.4) is 0 Å². The number of rotatable bonds is 3. The molecule has 2 aliphatic rings. The van der Waals surface area contributed by atoms with Crippen molar-refractivity contribution in [3.63, 3.8) is 0 Å². The highest BCUT2D eigenvalue weighted by Gasteiger charge is 2.23. The number of hydrogen-bond acceptors (Lipinski definition) is 5. The van der Waals surface area contributed by atoms with Crippen molar-refractivity contribution in [1.82, 2.24) is 10.3 Å². The first-order chi connectivity index (χ1) is 10.3. The Bertz CT molecular complexity index is 524. The third-order valence-corrected chi connectivity index (χ3v) is 4.21. The summed E-state index contributed by atoms with van der Waals surface area (Å²) in [6.07, 6.45) is 4.74. The molecule has 0 unspecified atom stereocenters. The Morgan fingerprint density at radius 1 is 1.38 bits per heavy atom. The lowest BCUT2D eigenvalue weighted by Crippen LogP contribution is -2.34. The van der Waals surface area contributed by atoms with E-state index in [0.29, 0.717) is 12.3 Å². The Kier molecular flexibility index (Phi) is 4.39. The number of aromatic nitrogens is 1. The van der Waals surface area contributed by atoms with Gasteiger partial charge in [-0.15, -0.1) is 0 Å². The highest BCUT2D eigenvalue weighted by molar-refractivity contribution is 5.89. The second kappa shape index (κ2) is 6.43.